The summed E-state index contributed by atoms with van der Waals surface area (Å²) in [6.07, 6.45) is 0. The van der Waals surface area contributed by atoms with E-state index in [0.717, 1.165) is 11.4 Å². The van der Waals surface area contributed by atoms with Crippen LogP contribution in [-0.2, 0) is 19.6 Å². The molecule has 10 heteroatoms. The number of hydrogen-bond donors (Lipinski definition) is 2. The van der Waals surface area contributed by atoms with E-state index in [0.29, 0.717) is 31.9 Å². The largest absolute Gasteiger partial charge is 0.497 e. The van der Waals surface area contributed by atoms with E-state index < -0.39 is 16.1 Å². The van der Waals surface area contributed by atoms with Gasteiger partial charge in [0, 0.05) is 44.5 Å². The van der Waals surface area contributed by atoms with Crippen LogP contribution in [0.4, 0.5) is 11.4 Å². The van der Waals surface area contributed by atoms with Crippen LogP contribution in [-0.4, -0.2) is 64.5 Å². The van der Waals surface area contributed by atoms with Crippen molar-refractivity contribution >= 4 is 33.2 Å². The monoisotopic (exact) mass is 460 g/mol. The number of carbonyl (C=O) groups is 2. The lowest BCUT2D eigenvalue weighted by molar-refractivity contribution is -0.132. The van der Waals surface area contributed by atoms with Crippen molar-refractivity contribution in [2.45, 2.75) is 24.8 Å². The summed E-state index contributed by atoms with van der Waals surface area (Å²) >= 11 is 0. The average Bonchev–Trinajstić information content (AvgIpc) is 2.78. The normalized spacial score (nSPS) is 15.2. The number of nitrogens with one attached hydrogen (secondary N) is 2. The number of carbonyl (C=O) groups excluding carboxylic acids is 2. The lowest BCUT2D eigenvalue weighted by atomic mass is 10.2. The summed E-state index contributed by atoms with van der Waals surface area (Å²) in [7, 11) is -2.26. The van der Waals surface area contributed by atoms with Crippen molar-refractivity contribution < 1.29 is 22.7 Å². The van der Waals surface area contributed by atoms with Gasteiger partial charge in [0.25, 0.3) is 0 Å². The molecule has 32 heavy (non-hydrogen) atoms. The second-order valence-corrected chi connectivity index (χ2v) is 9.27. The summed E-state index contributed by atoms with van der Waals surface area (Å²) in [5, 5.41) is 2.58. The molecule has 1 aliphatic rings. The van der Waals surface area contributed by atoms with Crippen molar-refractivity contribution in [2.75, 3.05) is 43.5 Å². The van der Waals surface area contributed by atoms with Gasteiger partial charge in [0.05, 0.1) is 18.0 Å². The third-order valence-electron chi connectivity index (χ3n) is 5.22. The van der Waals surface area contributed by atoms with Crippen LogP contribution >= 0.6 is 0 Å². The number of hydrogen-bond acceptors (Lipinski definition) is 6. The Kier molecular flexibility index (Phi) is 7.37. The van der Waals surface area contributed by atoms with Gasteiger partial charge in [-0.25, -0.2) is 8.42 Å². The Morgan fingerprint density at radius 2 is 1.56 bits per heavy atom. The third kappa shape index (κ3) is 5.77. The summed E-state index contributed by atoms with van der Waals surface area (Å²) in [5.41, 5.74) is 1.55. The maximum absolute atomic E-state index is 12.8. The highest BCUT2D eigenvalue weighted by atomic mass is 32.2. The van der Waals surface area contributed by atoms with Crippen LogP contribution < -0.4 is 19.7 Å². The highest BCUT2D eigenvalue weighted by molar-refractivity contribution is 7.89. The summed E-state index contributed by atoms with van der Waals surface area (Å²) in [6.45, 7) is 5.23. The van der Waals surface area contributed by atoms with Gasteiger partial charge < -0.3 is 19.9 Å². The van der Waals surface area contributed by atoms with Crippen LogP contribution in [0.5, 0.6) is 5.75 Å². The molecular weight excluding hydrogens is 432 g/mol. The number of piperazine rings is 1. The van der Waals surface area contributed by atoms with E-state index in [4.69, 9.17) is 4.74 Å². The summed E-state index contributed by atoms with van der Waals surface area (Å²) in [4.78, 5) is 27.8. The number of anilines is 2. The molecule has 0 bridgehead atoms. The second kappa shape index (κ2) is 10.0. The maximum Gasteiger partial charge on any atom is 0.241 e. The Bertz CT molecular complexity index is 1050. The summed E-state index contributed by atoms with van der Waals surface area (Å²) < 4.78 is 33.0. The van der Waals surface area contributed by atoms with E-state index in [1.165, 1.54) is 31.2 Å². The van der Waals surface area contributed by atoms with Gasteiger partial charge in [-0.1, -0.05) is 0 Å². The van der Waals surface area contributed by atoms with E-state index in [1.54, 1.807) is 18.9 Å². The Balaban J connectivity index is 1.56. The topological polar surface area (TPSA) is 108 Å². The van der Waals surface area contributed by atoms with Crippen LogP contribution in [0, 0.1) is 0 Å². The molecule has 3 rings (SSSR count). The SMILES string of the molecule is COc1ccc(N2CCN(C(=O)[C@H](C)NS(=O)(=O)c3ccc(NC(C)=O)cc3)CC2)cc1. The lowest BCUT2D eigenvalue weighted by Gasteiger charge is -2.37. The molecule has 1 heterocycles. The Morgan fingerprint density at radius 3 is 2.09 bits per heavy atom. The fourth-order valence-electron chi connectivity index (χ4n) is 3.52. The standard InChI is InChI=1S/C22H28N4O5S/c1-16(24-32(29,30)21-10-4-18(5-11-21)23-17(2)27)22(28)26-14-12-25(13-15-26)19-6-8-20(31-3)9-7-19/h4-11,16,24H,12-15H2,1-3H3,(H,23,27)/t16-/m0/s1. The average molecular weight is 461 g/mol. The van der Waals surface area contributed by atoms with Gasteiger partial charge in [0.2, 0.25) is 21.8 Å². The Hall–Kier alpha value is -3.11. The van der Waals surface area contributed by atoms with Gasteiger partial charge in [-0.05, 0) is 55.5 Å². The minimum Gasteiger partial charge on any atom is -0.497 e. The molecule has 0 radical (unpaired) electrons. The summed E-state index contributed by atoms with van der Waals surface area (Å²) in [6, 6.07) is 12.6. The van der Waals surface area contributed by atoms with E-state index in [9.17, 15) is 18.0 Å². The fourth-order valence-corrected chi connectivity index (χ4v) is 4.72. The first-order valence-electron chi connectivity index (χ1n) is 10.3. The number of nitrogens with zero attached hydrogens (tertiary/aromatic N) is 2. The molecule has 2 aromatic carbocycles. The van der Waals surface area contributed by atoms with Gasteiger partial charge in [-0.15, -0.1) is 0 Å². The highest BCUT2D eigenvalue weighted by Gasteiger charge is 2.28. The molecule has 1 saturated heterocycles. The first kappa shape index (κ1) is 23.6. The number of benzene rings is 2. The Labute approximate surface area is 188 Å². The summed E-state index contributed by atoms with van der Waals surface area (Å²) in [5.74, 6) is 0.274. The fraction of sp³-hybridized carbons (Fsp3) is 0.364. The van der Waals surface area contributed by atoms with Gasteiger partial charge in [0.15, 0.2) is 0 Å². The smallest absolute Gasteiger partial charge is 0.241 e. The second-order valence-electron chi connectivity index (χ2n) is 7.56. The van der Waals surface area contributed by atoms with E-state index in [2.05, 4.69) is 14.9 Å². The van der Waals surface area contributed by atoms with Crippen LogP contribution in [0.3, 0.4) is 0 Å². The van der Waals surface area contributed by atoms with Crippen molar-refractivity contribution in [3.8, 4) is 5.75 Å². The van der Waals surface area contributed by atoms with Crippen LogP contribution in [0.2, 0.25) is 0 Å². The third-order valence-corrected chi connectivity index (χ3v) is 6.77. The maximum atomic E-state index is 12.8. The molecule has 0 aliphatic carbocycles. The van der Waals surface area contributed by atoms with Crippen molar-refractivity contribution in [2.24, 2.45) is 0 Å². The minimum atomic E-state index is -3.88. The zero-order valence-corrected chi connectivity index (χ0v) is 19.2. The highest BCUT2D eigenvalue weighted by Crippen LogP contribution is 2.21. The van der Waals surface area contributed by atoms with E-state index >= 15 is 0 Å². The molecule has 1 aliphatic heterocycles. The zero-order valence-electron chi connectivity index (χ0n) is 18.4. The minimum absolute atomic E-state index is 0.0237. The molecule has 0 spiro atoms. The van der Waals surface area contributed by atoms with E-state index in [-0.39, 0.29) is 16.7 Å². The van der Waals surface area contributed by atoms with Crippen molar-refractivity contribution in [1.29, 1.82) is 0 Å². The molecule has 1 fully saturated rings. The number of amides is 2. The molecule has 2 aromatic rings. The number of rotatable bonds is 7. The van der Waals surface area contributed by atoms with Gasteiger partial charge >= 0.3 is 0 Å². The molecule has 2 N–H and O–H groups in total. The number of ether oxygens (including phenoxy) is 1. The molecule has 0 saturated carbocycles. The molecule has 0 aromatic heterocycles. The molecular formula is C22H28N4O5S. The van der Waals surface area contributed by atoms with Gasteiger partial charge in [-0.2, -0.15) is 4.72 Å². The van der Waals surface area contributed by atoms with E-state index in [1.807, 2.05) is 24.3 Å². The van der Waals surface area contributed by atoms with Crippen molar-refractivity contribution in [1.82, 2.24) is 9.62 Å². The Morgan fingerprint density at radius 1 is 0.969 bits per heavy atom. The van der Waals surface area contributed by atoms with Crippen LogP contribution in [0.1, 0.15) is 13.8 Å². The van der Waals surface area contributed by atoms with Crippen molar-refractivity contribution in [3.05, 3.63) is 48.5 Å². The van der Waals surface area contributed by atoms with Crippen molar-refractivity contribution in [3.63, 3.8) is 0 Å². The molecule has 1 atom stereocenters. The molecule has 2 amide bonds. The van der Waals surface area contributed by atoms with Crippen LogP contribution in [0.25, 0.3) is 0 Å². The first-order chi connectivity index (χ1) is 15.2. The predicted octanol–water partition coefficient (Wildman–Crippen LogP) is 1.67. The van der Waals surface area contributed by atoms with Gasteiger partial charge in [-0.3, -0.25) is 9.59 Å². The number of methoxy groups -OCH3 is 1. The van der Waals surface area contributed by atoms with Gasteiger partial charge in [0.1, 0.15) is 5.75 Å². The molecule has 0 unspecified atom stereocenters. The molecule has 9 nitrogen and oxygen atoms in total. The zero-order chi connectivity index (χ0) is 23.3. The quantitative estimate of drug-likeness (QED) is 0.651. The first-order valence-corrected chi connectivity index (χ1v) is 11.8. The van der Waals surface area contributed by atoms with Crippen LogP contribution in [0.15, 0.2) is 53.4 Å². The molecule has 172 valence electrons. The number of sulfonamides is 1. The predicted molar refractivity (Wildman–Crippen MR) is 122 cm³/mol. The lowest BCUT2D eigenvalue weighted by Crippen LogP contribution is -2.54.